The van der Waals surface area contributed by atoms with Crippen molar-refractivity contribution in [3.63, 3.8) is 0 Å². The standard InChI is InChI=1S/C16H17NO2/c1-18-15-8-14(9-16(10-15)19-2)12-17-11-13-6-4-3-5-7-13/h3-10,12H,11H2,1-2H3. The largest absolute Gasteiger partial charge is 0.497 e. The lowest BCUT2D eigenvalue weighted by Crippen LogP contribution is -1.91. The van der Waals surface area contributed by atoms with Gasteiger partial charge in [0, 0.05) is 12.3 Å². The van der Waals surface area contributed by atoms with Gasteiger partial charge in [-0.1, -0.05) is 30.3 Å². The molecule has 0 radical (unpaired) electrons. The van der Waals surface area contributed by atoms with Gasteiger partial charge >= 0.3 is 0 Å². The third-order valence-electron chi connectivity index (χ3n) is 2.73. The highest BCUT2D eigenvalue weighted by Gasteiger charge is 1.99. The molecule has 3 nitrogen and oxygen atoms in total. The minimum Gasteiger partial charge on any atom is -0.497 e. The Kier molecular flexibility index (Phi) is 4.56. The van der Waals surface area contributed by atoms with Gasteiger partial charge in [0.1, 0.15) is 11.5 Å². The number of hydrogen-bond donors (Lipinski definition) is 0. The molecule has 19 heavy (non-hydrogen) atoms. The number of hydrogen-bond acceptors (Lipinski definition) is 3. The molecule has 0 aliphatic rings. The van der Waals surface area contributed by atoms with Gasteiger partial charge in [-0.25, -0.2) is 0 Å². The van der Waals surface area contributed by atoms with Gasteiger partial charge in [-0.3, -0.25) is 4.99 Å². The Hall–Kier alpha value is -2.29. The van der Waals surface area contributed by atoms with Gasteiger partial charge in [-0.15, -0.1) is 0 Å². The first-order valence-electron chi connectivity index (χ1n) is 6.08. The second-order valence-corrected chi connectivity index (χ2v) is 4.10. The van der Waals surface area contributed by atoms with Crippen molar-refractivity contribution in [1.29, 1.82) is 0 Å². The lowest BCUT2D eigenvalue weighted by Gasteiger charge is -2.05. The molecular formula is C16H17NO2. The summed E-state index contributed by atoms with van der Waals surface area (Å²) < 4.78 is 10.4. The van der Waals surface area contributed by atoms with Crippen LogP contribution in [0.2, 0.25) is 0 Å². The maximum Gasteiger partial charge on any atom is 0.123 e. The predicted molar refractivity (Wildman–Crippen MR) is 77.3 cm³/mol. The van der Waals surface area contributed by atoms with E-state index < -0.39 is 0 Å². The molecule has 2 aromatic carbocycles. The van der Waals surface area contributed by atoms with Crippen LogP contribution in [0.1, 0.15) is 11.1 Å². The number of benzene rings is 2. The van der Waals surface area contributed by atoms with Crippen molar-refractivity contribution in [3.8, 4) is 11.5 Å². The van der Waals surface area contributed by atoms with Gasteiger partial charge in [-0.05, 0) is 23.3 Å². The average Bonchev–Trinajstić information content (AvgIpc) is 2.48. The van der Waals surface area contributed by atoms with Gasteiger partial charge in [0.15, 0.2) is 0 Å². The second kappa shape index (κ2) is 6.59. The number of rotatable bonds is 5. The molecule has 2 rings (SSSR count). The van der Waals surface area contributed by atoms with Crippen LogP contribution in [-0.4, -0.2) is 20.4 Å². The summed E-state index contributed by atoms with van der Waals surface area (Å²) in [4.78, 5) is 4.43. The van der Waals surface area contributed by atoms with Crippen LogP contribution in [0.4, 0.5) is 0 Å². The highest BCUT2D eigenvalue weighted by molar-refractivity contribution is 5.81. The van der Waals surface area contributed by atoms with E-state index in [1.54, 1.807) is 14.2 Å². The Morgan fingerprint density at radius 1 is 0.947 bits per heavy atom. The molecule has 0 aromatic heterocycles. The number of methoxy groups -OCH3 is 2. The van der Waals surface area contributed by atoms with Crippen LogP contribution in [-0.2, 0) is 6.54 Å². The molecule has 0 saturated heterocycles. The van der Waals surface area contributed by atoms with Crippen molar-refractivity contribution in [3.05, 3.63) is 59.7 Å². The van der Waals surface area contributed by atoms with E-state index in [9.17, 15) is 0 Å². The first-order valence-corrected chi connectivity index (χ1v) is 6.08. The lowest BCUT2D eigenvalue weighted by molar-refractivity contribution is 0.394. The summed E-state index contributed by atoms with van der Waals surface area (Å²) in [6.07, 6.45) is 1.83. The van der Waals surface area contributed by atoms with Gasteiger partial charge in [0.25, 0.3) is 0 Å². The Morgan fingerprint density at radius 3 is 2.16 bits per heavy atom. The molecule has 0 aliphatic carbocycles. The highest BCUT2D eigenvalue weighted by Crippen LogP contribution is 2.21. The van der Waals surface area contributed by atoms with E-state index >= 15 is 0 Å². The Labute approximate surface area is 113 Å². The average molecular weight is 255 g/mol. The quantitative estimate of drug-likeness (QED) is 0.767. The first-order chi connectivity index (χ1) is 9.31. The molecule has 2 aromatic rings. The Balaban J connectivity index is 2.10. The maximum atomic E-state index is 5.22. The summed E-state index contributed by atoms with van der Waals surface area (Å²) in [5.74, 6) is 1.53. The van der Waals surface area contributed by atoms with E-state index in [4.69, 9.17) is 9.47 Å². The first kappa shape index (κ1) is 13.1. The summed E-state index contributed by atoms with van der Waals surface area (Å²) >= 11 is 0. The summed E-state index contributed by atoms with van der Waals surface area (Å²) in [7, 11) is 3.28. The molecule has 0 atom stereocenters. The van der Waals surface area contributed by atoms with Crippen molar-refractivity contribution in [2.45, 2.75) is 6.54 Å². The SMILES string of the molecule is COc1cc(C=NCc2ccccc2)cc(OC)c1. The van der Waals surface area contributed by atoms with Crippen molar-refractivity contribution < 1.29 is 9.47 Å². The van der Waals surface area contributed by atoms with E-state index in [0.717, 1.165) is 17.1 Å². The van der Waals surface area contributed by atoms with Crippen LogP contribution in [0, 0.1) is 0 Å². The molecule has 0 saturated carbocycles. The monoisotopic (exact) mass is 255 g/mol. The van der Waals surface area contributed by atoms with Crippen LogP contribution < -0.4 is 9.47 Å². The molecule has 3 heteroatoms. The van der Waals surface area contributed by atoms with Gasteiger partial charge in [0.05, 0.1) is 20.8 Å². The summed E-state index contributed by atoms with van der Waals surface area (Å²) in [5, 5.41) is 0. The zero-order valence-corrected chi connectivity index (χ0v) is 11.2. The molecule has 0 bridgehead atoms. The van der Waals surface area contributed by atoms with Crippen LogP contribution in [0.25, 0.3) is 0 Å². The summed E-state index contributed by atoms with van der Waals surface area (Å²) in [6, 6.07) is 15.8. The van der Waals surface area contributed by atoms with Crippen molar-refractivity contribution in [2.24, 2.45) is 4.99 Å². The van der Waals surface area contributed by atoms with E-state index in [1.807, 2.05) is 42.6 Å². The van der Waals surface area contributed by atoms with Gasteiger partial charge in [0.2, 0.25) is 0 Å². The Bertz CT molecular complexity index is 528. The smallest absolute Gasteiger partial charge is 0.123 e. The molecular weight excluding hydrogens is 238 g/mol. The Morgan fingerprint density at radius 2 is 1.58 bits per heavy atom. The van der Waals surface area contributed by atoms with E-state index in [1.165, 1.54) is 5.56 Å². The van der Waals surface area contributed by atoms with Crippen LogP contribution >= 0.6 is 0 Å². The minimum atomic E-state index is 0.667. The van der Waals surface area contributed by atoms with Gasteiger partial charge in [-0.2, -0.15) is 0 Å². The normalized spacial score (nSPS) is 10.6. The maximum absolute atomic E-state index is 5.22. The summed E-state index contributed by atoms with van der Waals surface area (Å²) in [5.41, 5.74) is 2.15. The van der Waals surface area contributed by atoms with Gasteiger partial charge < -0.3 is 9.47 Å². The number of ether oxygens (including phenoxy) is 2. The molecule has 0 N–H and O–H groups in total. The molecule has 0 unspecified atom stereocenters. The number of nitrogens with zero attached hydrogens (tertiary/aromatic N) is 1. The highest BCUT2D eigenvalue weighted by atomic mass is 16.5. The third kappa shape index (κ3) is 3.85. The molecule has 0 heterocycles. The molecule has 0 amide bonds. The van der Waals surface area contributed by atoms with Crippen molar-refractivity contribution >= 4 is 6.21 Å². The molecule has 98 valence electrons. The van der Waals surface area contributed by atoms with Crippen molar-refractivity contribution in [1.82, 2.24) is 0 Å². The van der Waals surface area contributed by atoms with Crippen LogP contribution in [0.5, 0.6) is 11.5 Å². The van der Waals surface area contributed by atoms with Crippen molar-refractivity contribution in [2.75, 3.05) is 14.2 Å². The zero-order chi connectivity index (χ0) is 13.5. The summed E-state index contributed by atoms with van der Waals surface area (Å²) in [6.45, 7) is 0.667. The molecule has 0 aliphatic heterocycles. The van der Waals surface area contributed by atoms with Crippen LogP contribution in [0.3, 0.4) is 0 Å². The van der Waals surface area contributed by atoms with E-state index in [2.05, 4.69) is 17.1 Å². The number of aliphatic imine (C=N–C) groups is 1. The fourth-order valence-corrected chi connectivity index (χ4v) is 1.74. The zero-order valence-electron chi connectivity index (χ0n) is 11.2. The third-order valence-corrected chi connectivity index (χ3v) is 2.73. The van der Waals surface area contributed by atoms with Crippen LogP contribution in [0.15, 0.2) is 53.5 Å². The minimum absolute atomic E-state index is 0.667. The molecule has 0 spiro atoms. The topological polar surface area (TPSA) is 30.8 Å². The second-order valence-electron chi connectivity index (χ2n) is 4.10. The molecule has 0 fully saturated rings. The van der Waals surface area contributed by atoms with E-state index in [-0.39, 0.29) is 0 Å². The predicted octanol–water partition coefficient (Wildman–Crippen LogP) is 3.32. The van der Waals surface area contributed by atoms with E-state index in [0.29, 0.717) is 6.54 Å². The fourth-order valence-electron chi connectivity index (χ4n) is 1.74. The lowest BCUT2D eigenvalue weighted by atomic mass is 10.2. The fraction of sp³-hybridized carbons (Fsp3) is 0.188.